The molecule has 0 fully saturated rings. The zero-order valence-corrected chi connectivity index (χ0v) is 11.8. The van der Waals surface area contributed by atoms with Crippen molar-refractivity contribution in [1.82, 2.24) is 9.97 Å². The van der Waals surface area contributed by atoms with Crippen LogP contribution in [0.2, 0.25) is 0 Å². The Morgan fingerprint density at radius 3 is 2.59 bits per heavy atom. The van der Waals surface area contributed by atoms with E-state index in [0.29, 0.717) is 18.4 Å². The Bertz CT molecular complexity index is 712. The zero-order valence-electron chi connectivity index (χ0n) is 11.8. The first-order valence-electron chi connectivity index (χ1n) is 6.84. The second-order valence-electron chi connectivity index (χ2n) is 4.95. The highest BCUT2D eigenvalue weighted by atomic mass is 16.4. The molecule has 0 saturated heterocycles. The van der Waals surface area contributed by atoms with E-state index in [-0.39, 0.29) is 17.9 Å². The van der Waals surface area contributed by atoms with E-state index in [2.05, 4.69) is 9.97 Å². The number of nitrogens with zero attached hydrogens (tertiary/aromatic N) is 1. The van der Waals surface area contributed by atoms with Crippen LogP contribution in [0.4, 0.5) is 5.95 Å². The summed E-state index contributed by atoms with van der Waals surface area (Å²) in [6, 6.07) is 8.90. The van der Waals surface area contributed by atoms with Crippen molar-refractivity contribution >= 4 is 11.9 Å². The number of aromatic hydroxyl groups is 1. The van der Waals surface area contributed by atoms with E-state index in [1.807, 2.05) is 6.07 Å². The van der Waals surface area contributed by atoms with Crippen LogP contribution in [0.3, 0.4) is 0 Å². The first-order chi connectivity index (χ1) is 10.5. The summed E-state index contributed by atoms with van der Waals surface area (Å²) in [6.07, 6.45) is 1.00. The van der Waals surface area contributed by atoms with Crippen molar-refractivity contribution < 1.29 is 15.0 Å². The Balaban J connectivity index is 2.06. The van der Waals surface area contributed by atoms with Crippen molar-refractivity contribution in [2.45, 2.75) is 25.2 Å². The number of aromatic amines is 1. The summed E-state index contributed by atoms with van der Waals surface area (Å²) in [5.74, 6) is -2.13. The standard InChI is InChI=1S/C15H17N3O4/c16-15-17-12(19)11(13(20)18-15)8-4-7-10(14(21)22)9-5-2-1-3-6-9/h1-3,5-6,10H,4,7-8H2,(H,21,22)(H4,16,17,18,19,20)/t10-/m1/s1. The summed E-state index contributed by atoms with van der Waals surface area (Å²) in [6.45, 7) is 0. The summed E-state index contributed by atoms with van der Waals surface area (Å²) >= 11 is 0. The Morgan fingerprint density at radius 1 is 1.32 bits per heavy atom. The van der Waals surface area contributed by atoms with E-state index in [0.717, 1.165) is 0 Å². The number of hydrogen-bond acceptors (Lipinski definition) is 5. The number of rotatable bonds is 6. The molecule has 2 aromatic rings. The van der Waals surface area contributed by atoms with Crippen molar-refractivity contribution in [3.63, 3.8) is 0 Å². The Kier molecular flexibility index (Phi) is 4.77. The van der Waals surface area contributed by atoms with Gasteiger partial charge in [0, 0.05) is 0 Å². The second kappa shape index (κ2) is 6.75. The molecular weight excluding hydrogens is 286 g/mol. The third-order valence-electron chi connectivity index (χ3n) is 3.43. The molecule has 0 spiro atoms. The van der Waals surface area contributed by atoms with Gasteiger partial charge in [0.1, 0.15) is 0 Å². The number of nitrogen functional groups attached to an aromatic ring is 1. The van der Waals surface area contributed by atoms with Crippen LogP contribution in [0.1, 0.15) is 29.9 Å². The van der Waals surface area contributed by atoms with Gasteiger partial charge in [0.05, 0.1) is 11.5 Å². The van der Waals surface area contributed by atoms with Crippen molar-refractivity contribution in [2.24, 2.45) is 0 Å². The van der Waals surface area contributed by atoms with Gasteiger partial charge in [-0.25, -0.2) is 0 Å². The van der Waals surface area contributed by atoms with Crippen LogP contribution < -0.4 is 11.3 Å². The molecule has 1 heterocycles. The predicted octanol–water partition coefficient (Wildman–Crippen LogP) is 1.25. The normalized spacial score (nSPS) is 12.0. The van der Waals surface area contributed by atoms with Gasteiger partial charge in [0.25, 0.3) is 5.56 Å². The van der Waals surface area contributed by atoms with E-state index in [1.54, 1.807) is 24.3 Å². The molecule has 0 aliphatic heterocycles. The highest BCUT2D eigenvalue weighted by Gasteiger charge is 2.20. The molecule has 1 aromatic carbocycles. The predicted molar refractivity (Wildman–Crippen MR) is 80.7 cm³/mol. The van der Waals surface area contributed by atoms with Gasteiger partial charge in [-0.15, -0.1) is 0 Å². The summed E-state index contributed by atoms with van der Waals surface area (Å²) in [4.78, 5) is 29.0. The first-order valence-corrected chi connectivity index (χ1v) is 6.84. The SMILES string of the molecule is Nc1nc(O)c(CCC[C@@H](C(=O)O)c2ccccc2)c(=O)[nH]1. The first kappa shape index (κ1) is 15.6. The van der Waals surface area contributed by atoms with Gasteiger partial charge in [-0.2, -0.15) is 4.98 Å². The molecule has 0 unspecified atom stereocenters. The molecule has 1 atom stereocenters. The number of aromatic nitrogens is 2. The van der Waals surface area contributed by atoms with Crippen molar-refractivity contribution in [1.29, 1.82) is 0 Å². The molecule has 0 aliphatic rings. The van der Waals surface area contributed by atoms with Gasteiger partial charge in [0.15, 0.2) is 0 Å². The molecule has 0 saturated carbocycles. The quantitative estimate of drug-likeness (QED) is 0.635. The number of aliphatic carboxylic acids is 1. The van der Waals surface area contributed by atoms with E-state index in [1.165, 1.54) is 0 Å². The van der Waals surface area contributed by atoms with Gasteiger partial charge < -0.3 is 15.9 Å². The van der Waals surface area contributed by atoms with Crippen LogP contribution >= 0.6 is 0 Å². The maximum absolute atomic E-state index is 11.7. The van der Waals surface area contributed by atoms with Crippen molar-refractivity contribution in [2.75, 3.05) is 5.73 Å². The summed E-state index contributed by atoms with van der Waals surface area (Å²) in [7, 11) is 0. The number of H-pyrrole nitrogens is 1. The Morgan fingerprint density at radius 2 is 2.00 bits per heavy atom. The average Bonchev–Trinajstić information content (AvgIpc) is 2.46. The molecule has 5 N–H and O–H groups in total. The number of carboxylic acid groups (broad SMARTS) is 1. The molecule has 0 radical (unpaired) electrons. The van der Waals surface area contributed by atoms with Gasteiger partial charge >= 0.3 is 5.97 Å². The fourth-order valence-corrected chi connectivity index (χ4v) is 2.33. The molecule has 22 heavy (non-hydrogen) atoms. The lowest BCUT2D eigenvalue weighted by Crippen LogP contribution is -2.17. The highest BCUT2D eigenvalue weighted by molar-refractivity contribution is 5.75. The van der Waals surface area contributed by atoms with Gasteiger partial charge in [-0.05, 0) is 24.8 Å². The van der Waals surface area contributed by atoms with Gasteiger partial charge in [-0.3, -0.25) is 14.6 Å². The number of anilines is 1. The third-order valence-corrected chi connectivity index (χ3v) is 3.43. The summed E-state index contributed by atoms with van der Waals surface area (Å²) in [5.41, 5.74) is 5.64. The van der Waals surface area contributed by atoms with Crippen LogP contribution in [0.15, 0.2) is 35.1 Å². The number of nitrogens with two attached hydrogens (primary N) is 1. The van der Waals surface area contributed by atoms with Crippen molar-refractivity contribution in [3.05, 3.63) is 51.8 Å². The summed E-state index contributed by atoms with van der Waals surface area (Å²) in [5, 5.41) is 19.0. The van der Waals surface area contributed by atoms with E-state index in [9.17, 15) is 19.8 Å². The van der Waals surface area contributed by atoms with Crippen LogP contribution in [0.5, 0.6) is 5.88 Å². The number of carboxylic acids is 1. The topological polar surface area (TPSA) is 129 Å². The lowest BCUT2D eigenvalue weighted by molar-refractivity contribution is -0.139. The van der Waals surface area contributed by atoms with E-state index in [4.69, 9.17) is 5.73 Å². The van der Waals surface area contributed by atoms with Gasteiger partial charge in [-0.1, -0.05) is 30.3 Å². The number of carbonyl (C=O) groups is 1. The smallest absolute Gasteiger partial charge is 0.310 e. The fourth-order valence-electron chi connectivity index (χ4n) is 2.33. The van der Waals surface area contributed by atoms with E-state index >= 15 is 0 Å². The molecule has 116 valence electrons. The molecule has 2 rings (SSSR count). The second-order valence-corrected chi connectivity index (χ2v) is 4.95. The van der Waals surface area contributed by atoms with Crippen LogP contribution in [-0.2, 0) is 11.2 Å². The van der Waals surface area contributed by atoms with Crippen LogP contribution in [-0.4, -0.2) is 26.2 Å². The zero-order chi connectivity index (χ0) is 16.1. The molecule has 7 heteroatoms. The summed E-state index contributed by atoms with van der Waals surface area (Å²) < 4.78 is 0. The number of hydrogen-bond donors (Lipinski definition) is 4. The van der Waals surface area contributed by atoms with E-state index < -0.39 is 23.3 Å². The lowest BCUT2D eigenvalue weighted by Gasteiger charge is -2.12. The molecular formula is C15H17N3O4. The number of nitrogens with one attached hydrogen (secondary N) is 1. The minimum atomic E-state index is -0.917. The lowest BCUT2D eigenvalue weighted by atomic mass is 9.93. The van der Waals surface area contributed by atoms with Crippen LogP contribution in [0, 0.1) is 0 Å². The van der Waals surface area contributed by atoms with Crippen LogP contribution in [0.25, 0.3) is 0 Å². The minimum Gasteiger partial charge on any atom is -0.493 e. The van der Waals surface area contributed by atoms with Gasteiger partial charge in [0.2, 0.25) is 11.8 Å². The number of benzene rings is 1. The Labute approximate surface area is 126 Å². The average molecular weight is 303 g/mol. The fraction of sp³-hybridized carbons (Fsp3) is 0.267. The Hall–Kier alpha value is -2.83. The molecule has 0 amide bonds. The maximum atomic E-state index is 11.7. The molecule has 0 bridgehead atoms. The minimum absolute atomic E-state index is 0.117. The largest absolute Gasteiger partial charge is 0.493 e. The molecule has 1 aromatic heterocycles. The van der Waals surface area contributed by atoms with Crippen molar-refractivity contribution in [3.8, 4) is 5.88 Å². The molecule has 0 aliphatic carbocycles. The maximum Gasteiger partial charge on any atom is 0.310 e. The highest BCUT2D eigenvalue weighted by Crippen LogP contribution is 2.23. The third kappa shape index (κ3) is 3.63. The monoisotopic (exact) mass is 303 g/mol. The molecule has 7 nitrogen and oxygen atoms in total.